The smallest absolute Gasteiger partial charge is 0.255 e. The van der Waals surface area contributed by atoms with E-state index < -0.39 is 11.8 Å². The van der Waals surface area contributed by atoms with Gasteiger partial charge in [0, 0.05) is 39.0 Å². The molecule has 2 aromatic rings. The second-order valence-corrected chi connectivity index (χ2v) is 8.46. The summed E-state index contributed by atoms with van der Waals surface area (Å²) in [6.07, 6.45) is 0.856. The zero-order valence-corrected chi connectivity index (χ0v) is 17.5. The molecular weight excluding hydrogens is 386 g/mol. The van der Waals surface area contributed by atoms with Crippen molar-refractivity contribution in [1.82, 2.24) is 10.2 Å². The van der Waals surface area contributed by atoms with Gasteiger partial charge in [0.05, 0.1) is 12.5 Å². The van der Waals surface area contributed by atoms with Crippen molar-refractivity contribution in [1.29, 1.82) is 0 Å². The van der Waals surface area contributed by atoms with Crippen LogP contribution in [0.4, 0.5) is 8.78 Å². The van der Waals surface area contributed by atoms with Crippen molar-refractivity contribution in [3.05, 3.63) is 64.7 Å². The Bertz CT molecular complexity index is 914. The van der Waals surface area contributed by atoms with E-state index in [-0.39, 0.29) is 25.0 Å². The number of hydrogen-bond donors (Lipinski definition) is 1. The average molecular weight is 414 g/mol. The van der Waals surface area contributed by atoms with Crippen LogP contribution in [0.3, 0.4) is 0 Å². The maximum Gasteiger partial charge on any atom is 0.255 e. The lowest BCUT2D eigenvalue weighted by molar-refractivity contribution is -0.119. The molecule has 1 aliphatic heterocycles. The van der Waals surface area contributed by atoms with E-state index in [0.29, 0.717) is 12.3 Å². The van der Waals surface area contributed by atoms with Crippen molar-refractivity contribution >= 4 is 5.91 Å². The third kappa shape index (κ3) is 4.81. The van der Waals surface area contributed by atoms with Gasteiger partial charge in [0.15, 0.2) is 0 Å². The van der Waals surface area contributed by atoms with Gasteiger partial charge in [-0.15, -0.1) is 0 Å². The maximum atomic E-state index is 13.0. The number of nitrogens with zero attached hydrogens (tertiary/aromatic N) is 1. The van der Waals surface area contributed by atoms with E-state index in [0.717, 1.165) is 25.1 Å². The van der Waals surface area contributed by atoms with Crippen LogP contribution in [-0.4, -0.2) is 29.9 Å². The normalized spacial score (nSPS) is 22.3. The van der Waals surface area contributed by atoms with Crippen LogP contribution in [0.1, 0.15) is 48.6 Å². The highest BCUT2D eigenvalue weighted by Gasteiger charge is 2.57. The van der Waals surface area contributed by atoms with Crippen molar-refractivity contribution in [3.63, 3.8) is 0 Å². The summed E-state index contributed by atoms with van der Waals surface area (Å²) in [5.74, 6) is -2.51. The molecule has 0 spiro atoms. The van der Waals surface area contributed by atoms with Crippen LogP contribution in [-0.2, 0) is 24.3 Å². The monoisotopic (exact) mass is 414 g/mol. The molecule has 4 nitrogen and oxygen atoms in total. The molecular formula is C24H28F2N2O2. The minimum absolute atomic E-state index is 0.0288. The molecule has 1 aliphatic carbocycles. The molecule has 1 amide bonds. The fraction of sp³-hybridized carbons (Fsp3) is 0.458. The summed E-state index contributed by atoms with van der Waals surface area (Å²) in [5, 5.41) is 2.81. The van der Waals surface area contributed by atoms with Gasteiger partial charge in [-0.25, -0.2) is 8.78 Å². The third-order valence-electron chi connectivity index (χ3n) is 6.14. The number of carbonyl (C=O) groups excluding carboxylic acids is 1. The number of nitrogens with one attached hydrogen (secondary N) is 1. The molecule has 4 rings (SSSR count). The predicted octanol–water partition coefficient (Wildman–Crippen LogP) is 4.48. The Kier molecular flexibility index (Phi) is 5.78. The SMILES string of the molecule is CC(=O)NCc1ccc(CN2CCc3cc(OCC4CC4(F)F)ccc3C2C)cc1. The van der Waals surface area contributed by atoms with E-state index in [1.54, 1.807) is 0 Å². The summed E-state index contributed by atoms with van der Waals surface area (Å²) < 4.78 is 31.7. The lowest BCUT2D eigenvalue weighted by atomic mass is 9.93. The van der Waals surface area contributed by atoms with E-state index in [9.17, 15) is 13.6 Å². The van der Waals surface area contributed by atoms with Gasteiger partial charge < -0.3 is 10.1 Å². The number of amides is 1. The van der Waals surface area contributed by atoms with Gasteiger partial charge >= 0.3 is 0 Å². The first-order chi connectivity index (χ1) is 14.3. The Hall–Kier alpha value is -2.47. The summed E-state index contributed by atoms with van der Waals surface area (Å²) in [6, 6.07) is 14.6. The quantitative estimate of drug-likeness (QED) is 0.727. The summed E-state index contributed by atoms with van der Waals surface area (Å²) in [5.41, 5.74) is 4.83. The van der Waals surface area contributed by atoms with Gasteiger partial charge in [-0.2, -0.15) is 0 Å². The van der Waals surface area contributed by atoms with Crippen LogP contribution >= 0.6 is 0 Å². The van der Waals surface area contributed by atoms with Crippen LogP contribution in [0.15, 0.2) is 42.5 Å². The van der Waals surface area contributed by atoms with Gasteiger partial charge in [-0.1, -0.05) is 30.3 Å². The number of fused-ring (bicyclic) bond motifs is 1. The molecule has 1 fully saturated rings. The number of benzene rings is 2. The van der Waals surface area contributed by atoms with Gasteiger partial charge in [-0.3, -0.25) is 9.69 Å². The van der Waals surface area contributed by atoms with Crippen molar-refractivity contribution in [2.45, 2.75) is 51.7 Å². The Morgan fingerprint density at radius 3 is 2.57 bits per heavy atom. The van der Waals surface area contributed by atoms with Crippen LogP contribution in [0.5, 0.6) is 5.75 Å². The van der Waals surface area contributed by atoms with E-state index >= 15 is 0 Å². The van der Waals surface area contributed by atoms with Crippen molar-refractivity contribution in [2.75, 3.05) is 13.2 Å². The molecule has 160 valence electrons. The maximum absolute atomic E-state index is 13.0. The summed E-state index contributed by atoms with van der Waals surface area (Å²) in [6.45, 7) is 6.15. The molecule has 1 N–H and O–H groups in total. The Morgan fingerprint density at radius 1 is 1.20 bits per heavy atom. The van der Waals surface area contributed by atoms with E-state index in [1.807, 2.05) is 12.1 Å². The van der Waals surface area contributed by atoms with Gasteiger partial charge in [0.2, 0.25) is 5.91 Å². The summed E-state index contributed by atoms with van der Waals surface area (Å²) >= 11 is 0. The number of hydrogen-bond acceptors (Lipinski definition) is 3. The largest absolute Gasteiger partial charge is 0.493 e. The van der Waals surface area contributed by atoms with E-state index in [1.165, 1.54) is 23.6 Å². The van der Waals surface area contributed by atoms with Crippen molar-refractivity contribution in [2.24, 2.45) is 5.92 Å². The first-order valence-corrected chi connectivity index (χ1v) is 10.5. The molecule has 30 heavy (non-hydrogen) atoms. The van der Waals surface area contributed by atoms with E-state index in [2.05, 4.69) is 47.5 Å². The number of halogens is 2. The molecule has 1 heterocycles. The van der Waals surface area contributed by atoms with Gasteiger partial charge in [-0.05, 0) is 47.7 Å². The molecule has 0 bridgehead atoms. The minimum atomic E-state index is -2.54. The zero-order chi connectivity index (χ0) is 21.3. The standard InChI is InChI=1S/C24H28F2N2O2/c1-16-23-8-7-22(30-15-21-12-24(21,25)26)11-20(23)9-10-28(16)14-19-5-3-18(4-6-19)13-27-17(2)29/h3-8,11,16,21H,9-10,12-15H2,1-2H3,(H,27,29). The molecule has 2 atom stereocenters. The minimum Gasteiger partial charge on any atom is -0.493 e. The summed E-state index contributed by atoms with van der Waals surface area (Å²) in [7, 11) is 0. The Balaban J connectivity index is 1.35. The van der Waals surface area contributed by atoms with Crippen LogP contribution in [0, 0.1) is 5.92 Å². The third-order valence-corrected chi connectivity index (χ3v) is 6.14. The molecule has 2 unspecified atom stereocenters. The van der Waals surface area contributed by atoms with Crippen LogP contribution < -0.4 is 10.1 Å². The molecule has 0 saturated heterocycles. The van der Waals surface area contributed by atoms with Gasteiger partial charge in [0.1, 0.15) is 5.75 Å². The first-order valence-electron chi connectivity index (χ1n) is 10.5. The predicted molar refractivity (Wildman–Crippen MR) is 111 cm³/mol. The fourth-order valence-corrected chi connectivity index (χ4v) is 4.04. The van der Waals surface area contributed by atoms with Crippen molar-refractivity contribution in [3.8, 4) is 5.75 Å². The average Bonchev–Trinajstić information content (AvgIpc) is 3.34. The highest BCUT2D eigenvalue weighted by molar-refractivity contribution is 5.72. The van der Waals surface area contributed by atoms with Crippen molar-refractivity contribution < 1.29 is 18.3 Å². The summed E-state index contributed by atoms with van der Waals surface area (Å²) in [4.78, 5) is 13.5. The second kappa shape index (κ2) is 8.34. The first kappa shape index (κ1) is 20.8. The number of carbonyl (C=O) groups is 1. The lowest BCUT2D eigenvalue weighted by Gasteiger charge is -2.35. The fourth-order valence-electron chi connectivity index (χ4n) is 4.04. The van der Waals surface area contributed by atoms with Crippen LogP contribution in [0.2, 0.25) is 0 Å². The highest BCUT2D eigenvalue weighted by atomic mass is 19.3. The van der Waals surface area contributed by atoms with Gasteiger partial charge in [0.25, 0.3) is 5.92 Å². The molecule has 0 aromatic heterocycles. The molecule has 2 aliphatic rings. The molecule has 6 heteroatoms. The highest BCUT2D eigenvalue weighted by Crippen LogP contribution is 2.48. The van der Waals surface area contributed by atoms with Crippen LogP contribution in [0.25, 0.3) is 0 Å². The number of alkyl halides is 2. The Labute approximate surface area is 176 Å². The zero-order valence-electron chi connectivity index (χ0n) is 17.5. The Morgan fingerprint density at radius 2 is 1.90 bits per heavy atom. The van der Waals surface area contributed by atoms with E-state index in [4.69, 9.17) is 4.74 Å². The number of rotatable bonds is 7. The second-order valence-electron chi connectivity index (χ2n) is 8.46. The molecule has 1 saturated carbocycles. The molecule has 2 aromatic carbocycles. The lowest BCUT2D eigenvalue weighted by Crippen LogP contribution is -2.33. The molecule has 0 radical (unpaired) electrons. The topological polar surface area (TPSA) is 41.6 Å². The number of ether oxygens (including phenoxy) is 1.